The first kappa shape index (κ1) is 15.2. The SMILES string of the molecule is FC(F)(F)c1cc(Nc2cccc(Cl)c2Cl)nc(Cl)n1. The molecule has 3 nitrogen and oxygen atoms in total. The average Bonchev–Trinajstić information content (AvgIpc) is 2.33. The van der Waals surface area contributed by atoms with Crippen LogP contribution in [-0.4, -0.2) is 9.97 Å². The number of nitrogens with one attached hydrogen (secondary N) is 1. The van der Waals surface area contributed by atoms with Crippen LogP contribution in [0.1, 0.15) is 5.69 Å². The molecule has 0 amide bonds. The van der Waals surface area contributed by atoms with Gasteiger partial charge in [0.1, 0.15) is 5.82 Å². The van der Waals surface area contributed by atoms with Gasteiger partial charge in [0.2, 0.25) is 5.28 Å². The maximum atomic E-state index is 12.6. The normalized spacial score (nSPS) is 11.5. The van der Waals surface area contributed by atoms with Crippen LogP contribution in [0.15, 0.2) is 24.3 Å². The zero-order valence-electron chi connectivity index (χ0n) is 9.47. The molecule has 0 atom stereocenters. The Morgan fingerprint density at radius 3 is 2.40 bits per heavy atom. The standard InChI is InChI=1S/C11H5Cl3F3N3/c12-5-2-1-3-6(9(5)13)18-8-4-7(11(15,16)17)19-10(14)20-8/h1-4H,(H,18,19,20). The van der Waals surface area contributed by atoms with E-state index in [-0.39, 0.29) is 15.9 Å². The van der Waals surface area contributed by atoms with Gasteiger partial charge in [-0.3, -0.25) is 0 Å². The fourth-order valence-corrected chi connectivity index (χ4v) is 1.90. The van der Waals surface area contributed by atoms with Crippen molar-refractivity contribution < 1.29 is 13.2 Å². The van der Waals surface area contributed by atoms with Crippen LogP contribution in [0.5, 0.6) is 0 Å². The molecular formula is C11H5Cl3F3N3. The third-order valence-corrected chi connectivity index (χ3v) is 3.19. The van der Waals surface area contributed by atoms with Crippen LogP contribution >= 0.6 is 34.8 Å². The summed E-state index contributed by atoms with van der Waals surface area (Å²) in [6.07, 6.45) is -4.62. The first-order valence-corrected chi connectivity index (χ1v) is 6.23. The molecule has 0 saturated carbocycles. The quantitative estimate of drug-likeness (QED) is 0.762. The second kappa shape index (κ2) is 5.63. The number of nitrogens with zero attached hydrogens (tertiary/aromatic N) is 2. The third-order valence-electron chi connectivity index (χ3n) is 2.20. The van der Waals surface area contributed by atoms with Crippen LogP contribution in [0, 0.1) is 0 Å². The van der Waals surface area contributed by atoms with Gasteiger partial charge in [0, 0.05) is 6.07 Å². The summed E-state index contributed by atoms with van der Waals surface area (Å²) < 4.78 is 37.8. The molecule has 0 aliphatic rings. The minimum absolute atomic E-state index is 0.138. The molecule has 1 aromatic carbocycles. The Balaban J connectivity index is 2.39. The molecule has 0 saturated heterocycles. The highest BCUT2D eigenvalue weighted by molar-refractivity contribution is 6.43. The van der Waals surface area contributed by atoms with Crippen LogP contribution < -0.4 is 5.32 Å². The van der Waals surface area contributed by atoms with E-state index in [1.807, 2.05) is 0 Å². The van der Waals surface area contributed by atoms with Gasteiger partial charge in [0.25, 0.3) is 0 Å². The third kappa shape index (κ3) is 3.45. The van der Waals surface area contributed by atoms with Crippen LogP contribution in [0.4, 0.5) is 24.7 Å². The molecule has 2 rings (SSSR count). The summed E-state index contributed by atoms with van der Waals surface area (Å²) in [4.78, 5) is 6.77. The number of hydrogen-bond acceptors (Lipinski definition) is 3. The van der Waals surface area contributed by atoms with Gasteiger partial charge in [0.15, 0.2) is 5.69 Å². The van der Waals surface area contributed by atoms with E-state index in [1.165, 1.54) is 6.07 Å². The van der Waals surface area contributed by atoms with Gasteiger partial charge in [-0.1, -0.05) is 29.3 Å². The Hall–Kier alpha value is -1.24. The van der Waals surface area contributed by atoms with E-state index in [0.717, 1.165) is 6.07 Å². The van der Waals surface area contributed by atoms with Gasteiger partial charge in [-0.05, 0) is 23.7 Å². The minimum Gasteiger partial charge on any atom is -0.339 e. The fourth-order valence-electron chi connectivity index (χ4n) is 1.37. The zero-order chi connectivity index (χ0) is 14.9. The second-order valence-corrected chi connectivity index (χ2v) is 4.75. The first-order valence-electron chi connectivity index (χ1n) is 5.10. The van der Waals surface area contributed by atoms with E-state index in [9.17, 15) is 13.2 Å². The molecule has 0 unspecified atom stereocenters. The van der Waals surface area contributed by atoms with Crippen molar-refractivity contribution >= 4 is 46.3 Å². The number of aromatic nitrogens is 2. The number of benzene rings is 1. The lowest BCUT2D eigenvalue weighted by atomic mass is 10.3. The summed E-state index contributed by atoms with van der Waals surface area (Å²) in [6, 6.07) is 5.40. The molecule has 0 radical (unpaired) electrons. The number of anilines is 2. The van der Waals surface area contributed by atoms with Gasteiger partial charge in [-0.15, -0.1) is 0 Å². The minimum atomic E-state index is -4.62. The van der Waals surface area contributed by atoms with E-state index in [2.05, 4.69) is 15.3 Å². The Morgan fingerprint density at radius 1 is 1.05 bits per heavy atom. The van der Waals surface area contributed by atoms with Crippen LogP contribution in [0.3, 0.4) is 0 Å². The predicted octanol–water partition coefficient (Wildman–Crippen LogP) is 5.20. The molecule has 0 bridgehead atoms. The van der Waals surface area contributed by atoms with Crippen LogP contribution in [-0.2, 0) is 6.18 Å². The van der Waals surface area contributed by atoms with E-state index in [4.69, 9.17) is 34.8 Å². The molecule has 20 heavy (non-hydrogen) atoms. The Morgan fingerprint density at radius 2 is 1.75 bits per heavy atom. The summed E-state index contributed by atoms with van der Waals surface area (Å²) in [5.41, 5.74) is -0.847. The second-order valence-electron chi connectivity index (χ2n) is 3.63. The van der Waals surface area contributed by atoms with Crippen LogP contribution in [0.25, 0.3) is 0 Å². The highest BCUT2D eigenvalue weighted by atomic mass is 35.5. The van der Waals surface area contributed by atoms with Crippen molar-refractivity contribution in [3.05, 3.63) is 45.3 Å². The predicted molar refractivity (Wildman–Crippen MR) is 71.8 cm³/mol. The molecule has 0 aliphatic heterocycles. The molecular weight excluding hydrogens is 337 g/mol. The number of halogens is 6. The van der Waals surface area contributed by atoms with Gasteiger partial charge in [-0.2, -0.15) is 13.2 Å². The topological polar surface area (TPSA) is 37.8 Å². The van der Waals surface area contributed by atoms with Gasteiger partial charge >= 0.3 is 6.18 Å². The molecule has 0 spiro atoms. The van der Waals surface area contributed by atoms with Gasteiger partial charge in [-0.25, -0.2) is 9.97 Å². The van der Waals surface area contributed by atoms with Crippen molar-refractivity contribution in [3.8, 4) is 0 Å². The molecule has 1 N–H and O–H groups in total. The van der Waals surface area contributed by atoms with Crippen LogP contribution in [0.2, 0.25) is 15.3 Å². The average molecular weight is 343 g/mol. The smallest absolute Gasteiger partial charge is 0.339 e. The molecule has 0 fully saturated rings. The molecule has 0 aliphatic carbocycles. The summed E-state index contributed by atoms with van der Waals surface area (Å²) in [5.74, 6) is -0.138. The maximum absolute atomic E-state index is 12.6. The summed E-state index contributed by atoms with van der Waals surface area (Å²) in [7, 11) is 0. The molecule has 9 heteroatoms. The first-order chi connectivity index (χ1) is 9.27. The summed E-state index contributed by atoms with van der Waals surface area (Å²) >= 11 is 17.2. The molecule has 1 aromatic heterocycles. The lowest BCUT2D eigenvalue weighted by molar-refractivity contribution is -0.141. The lowest BCUT2D eigenvalue weighted by Crippen LogP contribution is -2.10. The van der Waals surface area contributed by atoms with Crippen molar-refractivity contribution in [3.63, 3.8) is 0 Å². The van der Waals surface area contributed by atoms with Gasteiger partial charge < -0.3 is 5.32 Å². The molecule has 1 heterocycles. The van der Waals surface area contributed by atoms with Crippen molar-refractivity contribution in [2.45, 2.75) is 6.18 Å². The number of alkyl halides is 3. The molecule has 2 aromatic rings. The van der Waals surface area contributed by atoms with E-state index in [0.29, 0.717) is 5.69 Å². The largest absolute Gasteiger partial charge is 0.433 e. The number of hydrogen-bond donors (Lipinski definition) is 1. The summed E-state index contributed by atoms with van der Waals surface area (Å²) in [6.45, 7) is 0. The Labute approximate surface area is 126 Å². The Kier molecular flexibility index (Phi) is 4.27. The van der Waals surface area contributed by atoms with Gasteiger partial charge in [0.05, 0.1) is 15.7 Å². The van der Waals surface area contributed by atoms with Crippen molar-refractivity contribution in [1.29, 1.82) is 0 Å². The fraction of sp³-hybridized carbons (Fsp3) is 0.0909. The zero-order valence-corrected chi connectivity index (χ0v) is 11.7. The number of rotatable bonds is 2. The van der Waals surface area contributed by atoms with E-state index < -0.39 is 17.2 Å². The van der Waals surface area contributed by atoms with E-state index >= 15 is 0 Å². The maximum Gasteiger partial charge on any atom is 0.433 e. The van der Waals surface area contributed by atoms with Crippen molar-refractivity contribution in [2.24, 2.45) is 0 Å². The highest BCUT2D eigenvalue weighted by Crippen LogP contribution is 2.33. The highest BCUT2D eigenvalue weighted by Gasteiger charge is 2.33. The summed E-state index contributed by atoms with van der Waals surface area (Å²) in [5, 5.41) is 2.51. The lowest BCUT2D eigenvalue weighted by Gasteiger charge is -2.11. The Bertz CT molecular complexity index is 647. The van der Waals surface area contributed by atoms with E-state index in [1.54, 1.807) is 12.1 Å². The van der Waals surface area contributed by atoms with Crippen molar-refractivity contribution in [1.82, 2.24) is 9.97 Å². The monoisotopic (exact) mass is 341 g/mol. The molecule has 106 valence electrons. The van der Waals surface area contributed by atoms with Crippen molar-refractivity contribution in [2.75, 3.05) is 5.32 Å².